The lowest BCUT2D eigenvalue weighted by Gasteiger charge is -2.21. The summed E-state index contributed by atoms with van der Waals surface area (Å²) in [6.45, 7) is 0.490. The molecule has 0 aliphatic carbocycles. The van der Waals surface area contributed by atoms with Gasteiger partial charge in [0.1, 0.15) is 5.75 Å². The molecule has 1 aliphatic heterocycles. The molecule has 170 valence electrons. The molecule has 0 radical (unpaired) electrons. The number of halogens is 3. The van der Waals surface area contributed by atoms with Gasteiger partial charge in [0.15, 0.2) is 5.69 Å². The maximum atomic E-state index is 12.5. The van der Waals surface area contributed by atoms with Crippen LogP contribution in [0.15, 0.2) is 53.1 Å². The van der Waals surface area contributed by atoms with Crippen LogP contribution in [-0.4, -0.2) is 44.4 Å². The molecule has 9 nitrogen and oxygen atoms in total. The minimum Gasteiger partial charge on any atom is -0.595 e. The molecule has 0 amide bonds. The van der Waals surface area contributed by atoms with E-state index in [1.54, 1.807) is 18.2 Å². The van der Waals surface area contributed by atoms with Crippen LogP contribution in [0.2, 0.25) is 0 Å². The van der Waals surface area contributed by atoms with Crippen molar-refractivity contribution < 1.29 is 38.0 Å². The Bertz CT molecular complexity index is 1080. The van der Waals surface area contributed by atoms with Gasteiger partial charge in [0.2, 0.25) is 11.7 Å². The lowest BCUT2D eigenvalue weighted by atomic mass is 10.1. The van der Waals surface area contributed by atoms with Crippen LogP contribution in [0.5, 0.6) is 5.75 Å². The van der Waals surface area contributed by atoms with Gasteiger partial charge in [-0.1, -0.05) is 29.4 Å². The van der Waals surface area contributed by atoms with Crippen LogP contribution < -0.4 is 9.96 Å². The van der Waals surface area contributed by atoms with Gasteiger partial charge in [0.25, 0.3) is 0 Å². The second-order valence-electron chi connectivity index (χ2n) is 7.37. The molecule has 1 aromatic heterocycles. The summed E-state index contributed by atoms with van der Waals surface area (Å²) in [5.74, 6) is 0.0923. The summed E-state index contributed by atoms with van der Waals surface area (Å²) in [6.07, 6.45) is -5.17. The van der Waals surface area contributed by atoms with Crippen LogP contribution in [0.3, 0.4) is 0 Å². The van der Waals surface area contributed by atoms with Gasteiger partial charge in [-0.25, -0.2) is 5.21 Å². The normalized spacial score (nSPS) is 20.4. The fourth-order valence-electron chi connectivity index (χ4n) is 3.67. The van der Waals surface area contributed by atoms with Gasteiger partial charge in [0, 0.05) is 30.8 Å². The highest BCUT2D eigenvalue weighted by Crippen LogP contribution is 2.34. The molecule has 32 heavy (non-hydrogen) atoms. The predicted molar refractivity (Wildman–Crippen MR) is 102 cm³/mol. The van der Waals surface area contributed by atoms with Gasteiger partial charge in [-0.2, -0.15) is 10.2 Å². The van der Waals surface area contributed by atoms with Crippen molar-refractivity contribution in [2.24, 2.45) is 0 Å². The molecule has 3 aromatic rings. The largest absolute Gasteiger partial charge is 0.595 e. The fourth-order valence-corrected chi connectivity index (χ4v) is 3.67. The zero-order valence-corrected chi connectivity index (χ0v) is 16.5. The molecule has 1 saturated heterocycles. The first-order chi connectivity index (χ1) is 15.2. The van der Waals surface area contributed by atoms with E-state index in [9.17, 15) is 23.5 Å². The van der Waals surface area contributed by atoms with Gasteiger partial charge in [-0.15, -0.1) is 13.2 Å². The van der Waals surface area contributed by atoms with Crippen LogP contribution in [0.1, 0.15) is 23.9 Å². The Kier molecular flexibility index (Phi) is 6.13. The SMILES string of the molecule is [O-][NH+](O)c1cccc(-c2noc([C@@H]3C[C@@H](O)CN3Cc3cccc(OC(F)(F)F)c3)n2)c1. The van der Waals surface area contributed by atoms with Crippen molar-refractivity contribution in [1.29, 1.82) is 0 Å². The minimum absolute atomic E-state index is 0.0766. The molecule has 2 aromatic carbocycles. The number of benzene rings is 2. The molecule has 4 rings (SSSR count). The Labute approximate surface area is 179 Å². The van der Waals surface area contributed by atoms with Crippen LogP contribution in [-0.2, 0) is 6.54 Å². The van der Waals surface area contributed by atoms with E-state index in [2.05, 4.69) is 14.9 Å². The zero-order valence-electron chi connectivity index (χ0n) is 16.5. The van der Waals surface area contributed by atoms with Gasteiger partial charge in [-0.3, -0.25) is 4.90 Å². The number of ether oxygens (including phenoxy) is 1. The van der Waals surface area contributed by atoms with Gasteiger partial charge in [-0.05, 0) is 24.1 Å². The maximum Gasteiger partial charge on any atom is 0.573 e. The second-order valence-corrected chi connectivity index (χ2v) is 7.37. The molecule has 1 aliphatic rings. The van der Waals surface area contributed by atoms with E-state index in [1.807, 2.05) is 4.90 Å². The van der Waals surface area contributed by atoms with Crippen molar-refractivity contribution in [2.45, 2.75) is 31.5 Å². The quantitative estimate of drug-likeness (QED) is 0.488. The number of aliphatic hydroxyl groups is 1. The van der Waals surface area contributed by atoms with Crippen molar-refractivity contribution in [3.8, 4) is 17.1 Å². The van der Waals surface area contributed by atoms with Crippen LogP contribution in [0.4, 0.5) is 18.9 Å². The topological polar surface area (TPSA) is 119 Å². The molecule has 0 saturated carbocycles. The van der Waals surface area contributed by atoms with Gasteiger partial charge in [0.05, 0.1) is 12.1 Å². The summed E-state index contributed by atoms with van der Waals surface area (Å²) >= 11 is 0. The summed E-state index contributed by atoms with van der Waals surface area (Å²) in [5.41, 5.74) is 1.09. The maximum absolute atomic E-state index is 12.5. The van der Waals surface area contributed by atoms with Gasteiger partial charge >= 0.3 is 6.36 Å². The number of hydrogen-bond donors (Lipinski definition) is 3. The molecule has 3 atom stereocenters. The Morgan fingerprint density at radius 3 is 2.75 bits per heavy atom. The Hall–Kier alpha value is -3.03. The first-order valence-electron chi connectivity index (χ1n) is 9.62. The summed E-state index contributed by atoms with van der Waals surface area (Å²) < 4.78 is 46.8. The minimum atomic E-state index is -4.79. The number of hydrogen-bond acceptors (Lipinski definition) is 8. The van der Waals surface area contributed by atoms with E-state index in [1.165, 1.54) is 30.3 Å². The first kappa shape index (κ1) is 22.2. The van der Waals surface area contributed by atoms with Crippen molar-refractivity contribution in [1.82, 2.24) is 15.0 Å². The molecule has 1 unspecified atom stereocenters. The lowest BCUT2D eigenvalue weighted by Crippen LogP contribution is -2.99. The number of rotatable bonds is 6. The molecular formula is C20H19F3N4O5. The number of aliphatic hydroxyl groups excluding tert-OH is 1. The molecule has 0 bridgehead atoms. The molecule has 2 heterocycles. The predicted octanol–water partition coefficient (Wildman–Crippen LogP) is 2.35. The number of quaternary nitrogens is 1. The third-order valence-corrected chi connectivity index (χ3v) is 4.99. The van der Waals surface area contributed by atoms with E-state index in [-0.39, 0.29) is 36.2 Å². The van der Waals surface area contributed by atoms with E-state index >= 15 is 0 Å². The fraction of sp³-hybridized carbons (Fsp3) is 0.300. The highest BCUT2D eigenvalue weighted by Gasteiger charge is 2.36. The van der Waals surface area contributed by atoms with E-state index in [4.69, 9.17) is 9.73 Å². The lowest BCUT2D eigenvalue weighted by molar-refractivity contribution is -0.991. The van der Waals surface area contributed by atoms with Crippen molar-refractivity contribution in [3.05, 3.63) is 65.2 Å². The molecule has 1 fully saturated rings. The number of alkyl halides is 3. The zero-order chi connectivity index (χ0) is 22.9. The molecule has 3 N–H and O–H groups in total. The smallest absolute Gasteiger partial charge is 0.573 e. The number of likely N-dealkylation sites (tertiary alicyclic amines) is 1. The Morgan fingerprint density at radius 1 is 1.22 bits per heavy atom. The standard InChI is InChI=1S/C20H19F3N4O5/c21-20(22,23)31-16-6-1-3-12(7-16)10-26-11-15(28)9-17(26)19-24-18(25-32-19)13-4-2-5-14(8-13)27(29)30/h1-8,15,17,27-29H,9-11H2/t15-,17+/m1/s1. The molecular weight excluding hydrogens is 433 g/mol. The van der Waals surface area contributed by atoms with E-state index in [0.717, 1.165) is 0 Å². The first-order valence-corrected chi connectivity index (χ1v) is 9.62. The van der Waals surface area contributed by atoms with Crippen LogP contribution in [0.25, 0.3) is 11.4 Å². The second kappa shape index (κ2) is 8.84. The highest BCUT2D eigenvalue weighted by molar-refractivity contribution is 5.58. The number of nitrogens with one attached hydrogen (secondary N) is 1. The van der Waals surface area contributed by atoms with Crippen LogP contribution in [0, 0.1) is 5.21 Å². The average Bonchev–Trinajstić information content (AvgIpc) is 3.34. The molecule has 0 spiro atoms. The van der Waals surface area contributed by atoms with Crippen LogP contribution >= 0.6 is 0 Å². The number of aromatic nitrogens is 2. The number of β-amino-alcohol motifs (C(OH)–C–C–N with tert-alkyl or cyclic N) is 1. The summed E-state index contributed by atoms with van der Waals surface area (Å²) in [4.78, 5) is 6.18. The summed E-state index contributed by atoms with van der Waals surface area (Å²) in [6, 6.07) is 11.2. The third kappa shape index (κ3) is 5.23. The average molecular weight is 452 g/mol. The van der Waals surface area contributed by atoms with E-state index in [0.29, 0.717) is 17.5 Å². The monoisotopic (exact) mass is 452 g/mol. The molecule has 12 heteroatoms. The van der Waals surface area contributed by atoms with Crippen molar-refractivity contribution in [3.63, 3.8) is 0 Å². The highest BCUT2D eigenvalue weighted by atomic mass is 19.4. The van der Waals surface area contributed by atoms with Crippen molar-refractivity contribution in [2.75, 3.05) is 6.54 Å². The number of nitrogens with zero attached hydrogens (tertiary/aromatic N) is 3. The summed E-state index contributed by atoms with van der Waals surface area (Å²) in [7, 11) is 0. The summed E-state index contributed by atoms with van der Waals surface area (Å²) in [5, 5.41) is 33.3. The third-order valence-electron chi connectivity index (χ3n) is 4.99. The van der Waals surface area contributed by atoms with Gasteiger partial charge < -0.3 is 19.6 Å². The Balaban J connectivity index is 1.53. The van der Waals surface area contributed by atoms with E-state index < -0.39 is 23.7 Å². The van der Waals surface area contributed by atoms with Crippen molar-refractivity contribution >= 4 is 5.69 Å². The Morgan fingerprint density at radius 2 is 2.00 bits per heavy atom.